The molecule has 0 fully saturated rings. The van der Waals surface area contributed by atoms with Gasteiger partial charge in [-0.05, 0) is 24.6 Å². The third-order valence-corrected chi connectivity index (χ3v) is 3.34. The molecule has 17 heavy (non-hydrogen) atoms. The lowest BCUT2D eigenvalue weighted by Gasteiger charge is -2.03. The van der Waals surface area contributed by atoms with Gasteiger partial charge in [-0.1, -0.05) is 23.7 Å². The maximum absolute atomic E-state index is 6.03. The number of fused-ring (bicyclic) bond motifs is 2. The van der Waals surface area contributed by atoms with E-state index in [1.807, 2.05) is 25.2 Å². The Hall–Kier alpha value is -1.67. The van der Waals surface area contributed by atoms with Crippen molar-refractivity contribution in [2.45, 2.75) is 6.92 Å². The Kier molecular flexibility index (Phi) is 2.26. The van der Waals surface area contributed by atoms with Gasteiger partial charge in [0.25, 0.3) is 0 Å². The summed E-state index contributed by atoms with van der Waals surface area (Å²) in [5.41, 5.74) is 5.38. The fourth-order valence-electron chi connectivity index (χ4n) is 2.17. The molecule has 0 aliphatic rings. The van der Waals surface area contributed by atoms with Crippen molar-refractivity contribution in [1.82, 2.24) is 4.98 Å². The zero-order valence-corrected chi connectivity index (χ0v) is 10.5. The predicted molar refractivity (Wildman–Crippen MR) is 70.2 cm³/mol. The van der Waals surface area contributed by atoms with Gasteiger partial charge in [0.2, 0.25) is 11.0 Å². The molecular weight excluding hydrogens is 232 g/mol. The number of hydrogen-bond acceptors (Lipinski definition) is 1. The topological polar surface area (TPSA) is 16.8 Å². The van der Waals surface area contributed by atoms with Crippen LogP contribution in [0.15, 0.2) is 36.4 Å². The summed E-state index contributed by atoms with van der Waals surface area (Å²) < 4.78 is 2.14. The van der Waals surface area contributed by atoms with Crippen LogP contribution in [0.3, 0.4) is 0 Å². The third kappa shape index (κ3) is 1.56. The molecule has 0 radical (unpaired) electrons. The number of para-hydroxylation sites is 1. The summed E-state index contributed by atoms with van der Waals surface area (Å²) in [7, 11) is 2.04. The molecular formula is C14H12ClN2+. The van der Waals surface area contributed by atoms with Crippen LogP contribution >= 0.6 is 11.6 Å². The SMILES string of the molecule is Cc1cccc2c1nc1ccc(Cl)cc1[n+]2C. The van der Waals surface area contributed by atoms with Gasteiger partial charge >= 0.3 is 0 Å². The molecule has 0 saturated heterocycles. The molecule has 0 atom stereocenters. The molecule has 0 saturated carbocycles. The summed E-state index contributed by atoms with van der Waals surface area (Å²) in [5.74, 6) is 0. The quantitative estimate of drug-likeness (QED) is 0.438. The molecule has 3 aromatic rings. The fourth-order valence-corrected chi connectivity index (χ4v) is 2.34. The van der Waals surface area contributed by atoms with Crippen LogP contribution in [0, 0.1) is 6.92 Å². The smallest absolute Gasteiger partial charge is 0.232 e. The molecule has 3 heteroatoms. The minimum Gasteiger partial charge on any atom is -0.235 e. The first-order valence-corrected chi connectivity index (χ1v) is 5.89. The first-order valence-electron chi connectivity index (χ1n) is 5.51. The van der Waals surface area contributed by atoms with Crippen LogP contribution in [0.4, 0.5) is 0 Å². The van der Waals surface area contributed by atoms with Crippen LogP contribution in [0.2, 0.25) is 5.02 Å². The second kappa shape index (κ2) is 3.67. The van der Waals surface area contributed by atoms with E-state index in [0.717, 1.165) is 27.1 Å². The second-order valence-corrected chi connectivity index (χ2v) is 4.68. The van der Waals surface area contributed by atoms with E-state index in [-0.39, 0.29) is 0 Å². The summed E-state index contributed by atoms with van der Waals surface area (Å²) in [6.45, 7) is 2.08. The van der Waals surface area contributed by atoms with E-state index in [0.29, 0.717) is 0 Å². The standard InChI is InChI=1S/C14H12ClN2/c1-9-4-3-5-12-14(9)16-11-7-6-10(15)8-13(11)17(12)2/h3-8H,1-2H3/q+1. The van der Waals surface area contributed by atoms with Crippen molar-refractivity contribution >= 4 is 33.7 Å². The average molecular weight is 244 g/mol. The molecule has 0 spiro atoms. The van der Waals surface area contributed by atoms with Crippen molar-refractivity contribution in [1.29, 1.82) is 0 Å². The molecule has 1 heterocycles. The summed E-state index contributed by atoms with van der Waals surface area (Å²) in [4.78, 5) is 4.70. The van der Waals surface area contributed by atoms with E-state index in [4.69, 9.17) is 16.6 Å². The van der Waals surface area contributed by atoms with Crippen LogP contribution in [0.5, 0.6) is 0 Å². The first-order chi connectivity index (χ1) is 8.16. The van der Waals surface area contributed by atoms with E-state index >= 15 is 0 Å². The second-order valence-electron chi connectivity index (χ2n) is 4.25. The van der Waals surface area contributed by atoms with E-state index in [2.05, 4.69) is 29.7 Å². The Balaban J connectivity index is 2.57. The van der Waals surface area contributed by atoms with Crippen LogP contribution in [0.25, 0.3) is 22.1 Å². The molecule has 0 bridgehead atoms. The Morgan fingerprint density at radius 1 is 1.12 bits per heavy atom. The molecule has 2 nitrogen and oxygen atoms in total. The highest BCUT2D eigenvalue weighted by Gasteiger charge is 2.14. The highest BCUT2D eigenvalue weighted by atomic mass is 35.5. The average Bonchev–Trinajstić information content (AvgIpc) is 2.32. The van der Waals surface area contributed by atoms with Gasteiger partial charge in [-0.25, -0.2) is 4.98 Å². The van der Waals surface area contributed by atoms with Crippen molar-refractivity contribution in [2.75, 3.05) is 0 Å². The number of aryl methyl sites for hydroxylation is 2. The summed E-state index contributed by atoms with van der Waals surface area (Å²) >= 11 is 6.03. The summed E-state index contributed by atoms with van der Waals surface area (Å²) in [5, 5.41) is 0.738. The van der Waals surface area contributed by atoms with E-state index in [9.17, 15) is 0 Å². The number of hydrogen-bond donors (Lipinski definition) is 0. The minimum absolute atomic E-state index is 0.738. The van der Waals surface area contributed by atoms with E-state index in [1.54, 1.807) is 0 Å². The summed E-state index contributed by atoms with van der Waals surface area (Å²) in [6.07, 6.45) is 0. The maximum atomic E-state index is 6.03. The number of nitrogens with zero attached hydrogens (tertiary/aromatic N) is 2. The molecule has 1 aromatic heterocycles. The van der Waals surface area contributed by atoms with Crippen molar-refractivity contribution in [3.05, 3.63) is 47.0 Å². The lowest BCUT2D eigenvalue weighted by Crippen LogP contribution is -2.30. The van der Waals surface area contributed by atoms with Crippen LogP contribution in [-0.2, 0) is 7.05 Å². The Labute approximate surface area is 104 Å². The van der Waals surface area contributed by atoms with Gasteiger partial charge in [0, 0.05) is 17.2 Å². The molecule has 0 amide bonds. The molecule has 3 rings (SSSR count). The third-order valence-electron chi connectivity index (χ3n) is 3.11. The number of benzene rings is 2. The number of aromatic nitrogens is 2. The Morgan fingerprint density at radius 3 is 2.76 bits per heavy atom. The van der Waals surface area contributed by atoms with Crippen molar-refractivity contribution in [3.63, 3.8) is 0 Å². The highest BCUT2D eigenvalue weighted by molar-refractivity contribution is 6.31. The van der Waals surface area contributed by atoms with Gasteiger partial charge in [-0.15, -0.1) is 0 Å². The number of rotatable bonds is 0. The molecule has 0 N–H and O–H groups in total. The highest BCUT2D eigenvalue weighted by Crippen LogP contribution is 2.19. The maximum Gasteiger partial charge on any atom is 0.232 e. The van der Waals surface area contributed by atoms with Gasteiger partial charge in [0.15, 0.2) is 0 Å². The van der Waals surface area contributed by atoms with Gasteiger partial charge in [0.05, 0.1) is 0 Å². The van der Waals surface area contributed by atoms with Gasteiger partial charge in [0.1, 0.15) is 18.1 Å². The fraction of sp³-hybridized carbons (Fsp3) is 0.143. The zero-order chi connectivity index (χ0) is 12.0. The van der Waals surface area contributed by atoms with Crippen LogP contribution in [-0.4, -0.2) is 4.98 Å². The first kappa shape index (κ1) is 10.5. The van der Waals surface area contributed by atoms with Crippen molar-refractivity contribution in [3.8, 4) is 0 Å². The molecule has 2 aromatic carbocycles. The van der Waals surface area contributed by atoms with E-state index < -0.39 is 0 Å². The molecule has 0 aliphatic heterocycles. The number of halogens is 1. The lowest BCUT2D eigenvalue weighted by molar-refractivity contribution is -0.617. The van der Waals surface area contributed by atoms with Gasteiger partial charge < -0.3 is 0 Å². The van der Waals surface area contributed by atoms with Crippen LogP contribution in [0.1, 0.15) is 5.56 Å². The summed E-state index contributed by atoms with van der Waals surface area (Å²) in [6, 6.07) is 12.0. The largest absolute Gasteiger partial charge is 0.235 e. The zero-order valence-electron chi connectivity index (χ0n) is 9.74. The van der Waals surface area contributed by atoms with Gasteiger partial charge in [-0.2, -0.15) is 4.57 Å². The molecule has 0 aliphatic carbocycles. The van der Waals surface area contributed by atoms with Crippen molar-refractivity contribution < 1.29 is 4.57 Å². The van der Waals surface area contributed by atoms with Crippen LogP contribution < -0.4 is 4.57 Å². The lowest BCUT2D eigenvalue weighted by atomic mass is 10.1. The minimum atomic E-state index is 0.738. The normalized spacial score (nSPS) is 11.2. The van der Waals surface area contributed by atoms with Crippen molar-refractivity contribution in [2.24, 2.45) is 7.05 Å². The van der Waals surface area contributed by atoms with Gasteiger partial charge in [-0.3, -0.25) is 0 Å². The predicted octanol–water partition coefficient (Wildman–Crippen LogP) is 3.17. The Bertz CT molecular complexity index is 731. The van der Waals surface area contributed by atoms with E-state index in [1.165, 1.54) is 5.56 Å². The Morgan fingerprint density at radius 2 is 1.94 bits per heavy atom. The molecule has 84 valence electrons. The molecule has 0 unspecified atom stereocenters. The monoisotopic (exact) mass is 243 g/mol.